The summed E-state index contributed by atoms with van der Waals surface area (Å²) in [5.74, 6) is -0.296. The van der Waals surface area contributed by atoms with Crippen LogP contribution in [0.25, 0.3) is 0 Å². The SMILES string of the molecule is O=C(c1ccc(Cl)c(S(=O)[O-])c1)N1CCC(F)CC1. The number of carbonyl (C=O) groups excluding carboxylic acids is 1. The third kappa shape index (κ3) is 3.32. The number of hydrogen-bond donors (Lipinski definition) is 0. The molecule has 1 aliphatic rings. The lowest BCUT2D eigenvalue weighted by molar-refractivity contribution is 0.0667. The van der Waals surface area contributed by atoms with E-state index in [2.05, 4.69) is 0 Å². The first kappa shape index (κ1) is 14.4. The Morgan fingerprint density at radius 2 is 2.05 bits per heavy atom. The summed E-state index contributed by atoms with van der Waals surface area (Å²) in [5.41, 5.74) is 0.251. The van der Waals surface area contributed by atoms with Gasteiger partial charge in [0.2, 0.25) is 0 Å². The Bertz CT molecular complexity index is 518. The van der Waals surface area contributed by atoms with Crippen molar-refractivity contribution in [3.63, 3.8) is 0 Å². The van der Waals surface area contributed by atoms with Gasteiger partial charge in [0, 0.05) is 23.5 Å². The number of rotatable bonds is 2. The molecule has 1 atom stereocenters. The van der Waals surface area contributed by atoms with Gasteiger partial charge in [0.25, 0.3) is 5.91 Å². The fourth-order valence-electron chi connectivity index (χ4n) is 2.00. The maximum atomic E-state index is 13.0. The molecule has 1 aliphatic heterocycles. The van der Waals surface area contributed by atoms with Crippen molar-refractivity contribution < 1.29 is 17.9 Å². The van der Waals surface area contributed by atoms with Gasteiger partial charge in [-0.3, -0.25) is 9.00 Å². The maximum absolute atomic E-state index is 13.0. The van der Waals surface area contributed by atoms with E-state index >= 15 is 0 Å². The smallest absolute Gasteiger partial charge is 0.253 e. The second-order valence-corrected chi connectivity index (χ2v) is 5.66. The van der Waals surface area contributed by atoms with Gasteiger partial charge in [-0.25, -0.2) is 4.39 Å². The number of alkyl halides is 1. The van der Waals surface area contributed by atoms with E-state index in [1.807, 2.05) is 0 Å². The van der Waals surface area contributed by atoms with E-state index in [9.17, 15) is 17.9 Å². The zero-order chi connectivity index (χ0) is 14.0. The zero-order valence-corrected chi connectivity index (χ0v) is 11.5. The van der Waals surface area contributed by atoms with Crippen LogP contribution < -0.4 is 0 Å². The largest absolute Gasteiger partial charge is 0.768 e. The highest BCUT2D eigenvalue weighted by molar-refractivity contribution is 7.79. The van der Waals surface area contributed by atoms with Gasteiger partial charge in [0.05, 0.1) is 5.02 Å². The molecule has 1 aromatic rings. The predicted molar refractivity (Wildman–Crippen MR) is 68.7 cm³/mol. The zero-order valence-electron chi connectivity index (χ0n) is 9.97. The van der Waals surface area contributed by atoms with E-state index in [4.69, 9.17) is 11.6 Å². The van der Waals surface area contributed by atoms with Gasteiger partial charge in [-0.15, -0.1) is 0 Å². The highest BCUT2D eigenvalue weighted by Crippen LogP contribution is 2.22. The maximum Gasteiger partial charge on any atom is 0.253 e. The van der Waals surface area contributed by atoms with Gasteiger partial charge in [0.1, 0.15) is 6.17 Å². The van der Waals surface area contributed by atoms with Crippen LogP contribution in [-0.2, 0) is 11.1 Å². The molecule has 0 N–H and O–H groups in total. The van der Waals surface area contributed by atoms with Crippen LogP contribution in [0.15, 0.2) is 23.1 Å². The predicted octanol–water partition coefficient (Wildman–Crippen LogP) is 2.15. The molecule has 1 unspecified atom stereocenters. The number of nitrogens with zero attached hydrogens (tertiary/aromatic N) is 1. The van der Waals surface area contributed by atoms with Crippen molar-refractivity contribution in [2.24, 2.45) is 0 Å². The minimum absolute atomic E-state index is 0.0762. The van der Waals surface area contributed by atoms with Crippen LogP contribution in [0.5, 0.6) is 0 Å². The lowest BCUT2D eigenvalue weighted by atomic mass is 10.1. The van der Waals surface area contributed by atoms with Crippen molar-refractivity contribution in [2.45, 2.75) is 23.9 Å². The summed E-state index contributed by atoms with van der Waals surface area (Å²) in [6.45, 7) is 0.691. The minimum atomic E-state index is -2.49. The molecule has 0 aromatic heterocycles. The lowest BCUT2D eigenvalue weighted by Gasteiger charge is -2.28. The molecule has 0 radical (unpaired) electrons. The quantitative estimate of drug-likeness (QED) is 0.787. The molecular formula is C12H12ClFNO3S-. The fourth-order valence-corrected chi connectivity index (χ4v) is 2.75. The Kier molecular flexibility index (Phi) is 4.54. The summed E-state index contributed by atoms with van der Waals surface area (Å²) in [6.07, 6.45) is -0.224. The molecule has 1 fully saturated rings. The molecule has 1 aromatic carbocycles. The number of carbonyl (C=O) groups is 1. The standard InChI is InChI=1S/C12H13ClFNO3S/c13-10-2-1-8(7-11(10)19(17)18)12(16)15-5-3-9(14)4-6-15/h1-2,7,9H,3-6H2,(H,17,18)/p-1. The van der Waals surface area contributed by atoms with E-state index in [1.165, 1.54) is 23.1 Å². The van der Waals surface area contributed by atoms with Gasteiger partial charge >= 0.3 is 0 Å². The summed E-state index contributed by atoms with van der Waals surface area (Å²) >= 11 is 3.24. The number of piperidine rings is 1. The molecule has 104 valence electrons. The molecule has 0 saturated carbocycles. The van der Waals surface area contributed by atoms with Crippen LogP contribution in [0.3, 0.4) is 0 Å². The Labute approximate surface area is 117 Å². The topological polar surface area (TPSA) is 60.4 Å². The van der Waals surface area contributed by atoms with E-state index in [0.29, 0.717) is 25.9 Å². The first-order chi connectivity index (χ1) is 8.99. The van der Waals surface area contributed by atoms with E-state index in [-0.39, 0.29) is 21.4 Å². The van der Waals surface area contributed by atoms with Crippen LogP contribution in [0.2, 0.25) is 5.02 Å². The second kappa shape index (κ2) is 5.98. The molecule has 1 heterocycles. The average molecular weight is 305 g/mol. The molecule has 2 rings (SSSR count). The normalized spacial score (nSPS) is 18.4. The first-order valence-electron chi connectivity index (χ1n) is 5.81. The summed E-state index contributed by atoms with van der Waals surface area (Å²) < 4.78 is 34.9. The molecule has 19 heavy (non-hydrogen) atoms. The first-order valence-corrected chi connectivity index (χ1v) is 7.26. The molecule has 1 saturated heterocycles. The molecule has 0 spiro atoms. The van der Waals surface area contributed by atoms with Gasteiger partial charge in [-0.1, -0.05) is 11.6 Å². The Balaban J connectivity index is 2.20. The van der Waals surface area contributed by atoms with E-state index in [0.717, 1.165) is 0 Å². The van der Waals surface area contributed by atoms with E-state index in [1.54, 1.807) is 0 Å². The summed E-state index contributed by atoms with van der Waals surface area (Å²) in [7, 11) is 0. The number of amides is 1. The lowest BCUT2D eigenvalue weighted by Crippen LogP contribution is -2.39. The minimum Gasteiger partial charge on any atom is -0.768 e. The third-order valence-electron chi connectivity index (χ3n) is 3.07. The number of halogens is 2. The second-order valence-electron chi connectivity index (χ2n) is 4.35. The summed E-state index contributed by atoms with van der Waals surface area (Å²) in [6, 6.07) is 4.10. The van der Waals surface area contributed by atoms with Gasteiger partial charge in [0.15, 0.2) is 0 Å². The van der Waals surface area contributed by atoms with Gasteiger partial charge < -0.3 is 9.45 Å². The van der Waals surface area contributed by atoms with Crippen molar-refractivity contribution in [1.29, 1.82) is 0 Å². The number of likely N-dealkylation sites (tertiary alicyclic amines) is 1. The Hall–Kier alpha value is -0.980. The van der Waals surface area contributed by atoms with Gasteiger partial charge in [-0.05, 0) is 42.1 Å². The average Bonchev–Trinajstić information content (AvgIpc) is 2.39. The van der Waals surface area contributed by atoms with Crippen molar-refractivity contribution in [3.05, 3.63) is 28.8 Å². The van der Waals surface area contributed by atoms with Crippen LogP contribution in [0, 0.1) is 0 Å². The highest BCUT2D eigenvalue weighted by Gasteiger charge is 2.23. The van der Waals surface area contributed by atoms with Crippen LogP contribution >= 0.6 is 11.6 Å². The van der Waals surface area contributed by atoms with Crippen LogP contribution in [0.1, 0.15) is 23.2 Å². The van der Waals surface area contributed by atoms with Crippen LogP contribution in [0.4, 0.5) is 4.39 Å². The molecule has 7 heteroatoms. The third-order valence-corrected chi connectivity index (χ3v) is 4.21. The van der Waals surface area contributed by atoms with Crippen LogP contribution in [-0.4, -0.2) is 38.8 Å². The molecule has 0 aliphatic carbocycles. The number of benzene rings is 1. The molecule has 1 amide bonds. The molecule has 4 nitrogen and oxygen atoms in total. The Morgan fingerprint density at radius 3 is 2.63 bits per heavy atom. The Morgan fingerprint density at radius 1 is 1.42 bits per heavy atom. The molecular weight excluding hydrogens is 293 g/mol. The number of hydrogen-bond acceptors (Lipinski definition) is 3. The summed E-state index contributed by atoms with van der Waals surface area (Å²) in [5, 5.41) is 0.0762. The summed E-state index contributed by atoms with van der Waals surface area (Å²) in [4.78, 5) is 13.6. The van der Waals surface area contributed by atoms with Crippen molar-refractivity contribution in [3.8, 4) is 0 Å². The molecule has 0 bridgehead atoms. The van der Waals surface area contributed by atoms with Crippen molar-refractivity contribution in [2.75, 3.05) is 13.1 Å². The highest BCUT2D eigenvalue weighted by atomic mass is 35.5. The van der Waals surface area contributed by atoms with E-state index < -0.39 is 17.3 Å². The monoisotopic (exact) mass is 304 g/mol. The van der Waals surface area contributed by atoms with Gasteiger partial charge in [-0.2, -0.15) is 0 Å². The van der Waals surface area contributed by atoms with Crippen molar-refractivity contribution in [1.82, 2.24) is 4.90 Å². The van der Waals surface area contributed by atoms with Crippen molar-refractivity contribution >= 4 is 28.6 Å². The fraction of sp³-hybridized carbons (Fsp3) is 0.417.